The zero-order valence-electron chi connectivity index (χ0n) is 16.4. The van der Waals surface area contributed by atoms with Crippen LogP contribution in [0.5, 0.6) is 0 Å². The van der Waals surface area contributed by atoms with Gasteiger partial charge in [-0.3, -0.25) is 0 Å². The van der Waals surface area contributed by atoms with E-state index in [0.717, 1.165) is 6.42 Å². The standard InChI is InChI=1S/C26H34/c1-4-7-8-9-10-17-22-25(23-18-13-11-14-19-23)26(5-2,6-3)24-20-15-12-16-21-24/h5-6,11-16,18-21,25H,2-4,7-10,17,22H2,1H3. The van der Waals surface area contributed by atoms with Crippen molar-refractivity contribution in [2.24, 2.45) is 0 Å². The molecule has 0 saturated heterocycles. The second-order valence-electron chi connectivity index (χ2n) is 7.23. The highest BCUT2D eigenvalue weighted by Gasteiger charge is 2.35. The molecule has 0 aliphatic carbocycles. The van der Waals surface area contributed by atoms with Gasteiger partial charge in [-0.1, -0.05) is 118 Å². The quantitative estimate of drug-likeness (QED) is 0.271. The Labute approximate surface area is 160 Å². The molecule has 1 atom stereocenters. The third-order valence-corrected chi connectivity index (χ3v) is 5.57. The van der Waals surface area contributed by atoms with E-state index in [1.54, 1.807) is 0 Å². The lowest BCUT2D eigenvalue weighted by atomic mass is 9.66. The predicted octanol–water partition coefficient (Wildman–Crippen LogP) is 7.83. The molecule has 0 radical (unpaired) electrons. The number of unbranched alkanes of at least 4 members (excludes halogenated alkanes) is 5. The molecule has 0 aromatic heterocycles. The van der Waals surface area contributed by atoms with Crippen molar-refractivity contribution in [2.45, 2.75) is 63.2 Å². The Bertz CT molecular complexity index is 630. The van der Waals surface area contributed by atoms with Gasteiger partial charge < -0.3 is 0 Å². The SMILES string of the molecule is C=CC(C=C)(c1ccccc1)C(CCCCCCCC)c1ccccc1. The van der Waals surface area contributed by atoms with Gasteiger partial charge in [-0.15, -0.1) is 13.2 Å². The molecule has 2 rings (SSSR count). The molecule has 26 heavy (non-hydrogen) atoms. The van der Waals surface area contributed by atoms with Gasteiger partial charge in [0.2, 0.25) is 0 Å². The summed E-state index contributed by atoms with van der Waals surface area (Å²) < 4.78 is 0. The van der Waals surface area contributed by atoms with E-state index >= 15 is 0 Å². The summed E-state index contributed by atoms with van der Waals surface area (Å²) in [5.74, 6) is 0.368. The van der Waals surface area contributed by atoms with Crippen LogP contribution >= 0.6 is 0 Å². The summed E-state index contributed by atoms with van der Waals surface area (Å²) >= 11 is 0. The molecule has 0 amide bonds. The molecule has 0 heterocycles. The predicted molar refractivity (Wildman–Crippen MR) is 116 cm³/mol. The summed E-state index contributed by atoms with van der Waals surface area (Å²) in [7, 11) is 0. The van der Waals surface area contributed by atoms with E-state index in [9.17, 15) is 0 Å². The normalized spacial score (nSPS) is 12.5. The van der Waals surface area contributed by atoms with Crippen molar-refractivity contribution in [3.8, 4) is 0 Å². The minimum atomic E-state index is -0.230. The van der Waals surface area contributed by atoms with Gasteiger partial charge in [0.1, 0.15) is 0 Å². The third kappa shape index (κ3) is 4.97. The monoisotopic (exact) mass is 346 g/mol. The van der Waals surface area contributed by atoms with Gasteiger partial charge in [-0.2, -0.15) is 0 Å². The summed E-state index contributed by atoms with van der Waals surface area (Å²) in [6.45, 7) is 10.7. The van der Waals surface area contributed by atoms with E-state index in [1.807, 2.05) is 0 Å². The Morgan fingerprint density at radius 2 is 1.31 bits per heavy atom. The van der Waals surface area contributed by atoms with Crippen LogP contribution in [0, 0.1) is 0 Å². The molecule has 0 aliphatic rings. The van der Waals surface area contributed by atoms with Crippen molar-refractivity contribution in [3.63, 3.8) is 0 Å². The first-order valence-corrected chi connectivity index (χ1v) is 10.2. The minimum absolute atomic E-state index is 0.230. The second kappa shape index (κ2) is 10.8. The van der Waals surface area contributed by atoms with E-state index in [0.29, 0.717) is 5.92 Å². The molecule has 0 spiro atoms. The van der Waals surface area contributed by atoms with Crippen LogP contribution in [0.15, 0.2) is 86.0 Å². The van der Waals surface area contributed by atoms with Crippen molar-refractivity contribution in [1.82, 2.24) is 0 Å². The van der Waals surface area contributed by atoms with E-state index < -0.39 is 0 Å². The van der Waals surface area contributed by atoms with Crippen LogP contribution in [0.2, 0.25) is 0 Å². The molecular weight excluding hydrogens is 312 g/mol. The third-order valence-electron chi connectivity index (χ3n) is 5.57. The Morgan fingerprint density at radius 3 is 1.88 bits per heavy atom. The Kier molecular flexibility index (Phi) is 8.41. The number of hydrogen-bond acceptors (Lipinski definition) is 0. The molecule has 0 saturated carbocycles. The van der Waals surface area contributed by atoms with E-state index in [-0.39, 0.29) is 5.41 Å². The molecule has 0 bridgehead atoms. The number of hydrogen-bond donors (Lipinski definition) is 0. The van der Waals surface area contributed by atoms with Crippen molar-refractivity contribution in [3.05, 3.63) is 97.1 Å². The average molecular weight is 347 g/mol. The van der Waals surface area contributed by atoms with Crippen LogP contribution < -0.4 is 0 Å². The molecule has 2 aromatic rings. The first-order chi connectivity index (χ1) is 12.8. The maximum absolute atomic E-state index is 4.22. The zero-order valence-corrected chi connectivity index (χ0v) is 16.4. The van der Waals surface area contributed by atoms with Crippen LogP contribution in [-0.2, 0) is 5.41 Å². The molecular formula is C26H34. The summed E-state index contributed by atoms with van der Waals surface area (Å²) in [6.07, 6.45) is 13.3. The van der Waals surface area contributed by atoms with Crippen LogP contribution in [0.25, 0.3) is 0 Å². The molecule has 0 nitrogen and oxygen atoms in total. The molecule has 0 N–H and O–H groups in total. The highest BCUT2D eigenvalue weighted by Crippen LogP contribution is 2.44. The van der Waals surface area contributed by atoms with Crippen LogP contribution in [-0.4, -0.2) is 0 Å². The molecule has 0 heteroatoms. The van der Waals surface area contributed by atoms with E-state index in [4.69, 9.17) is 0 Å². The molecule has 138 valence electrons. The lowest BCUT2D eigenvalue weighted by Crippen LogP contribution is -2.29. The summed E-state index contributed by atoms with van der Waals surface area (Å²) in [6, 6.07) is 21.6. The van der Waals surface area contributed by atoms with Gasteiger partial charge >= 0.3 is 0 Å². The smallest absolute Gasteiger partial charge is 0.0375 e. The first kappa shape index (κ1) is 20.2. The average Bonchev–Trinajstić information content (AvgIpc) is 2.71. The van der Waals surface area contributed by atoms with Gasteiger partial charge in [-0.05, 0) is 17.5 Å². The number of rotatable bonds is 12. The maximum Gasteiger partial charge on any atom is 0.0375 e. The fourth-order valence-corrected chi connectivity index (χ4v) is 4.03. The fourth-order valence-electron chi connectivity index (χ4n) is 4.03. The van der Waals surface area contributed by atoms with Crippen molar-refractivity contribution in [1.29, 1.82) is 0 Å². The molecule has 0 aliphatic heterocycles. The Balaban J connectivity index is 2.26. The number of benzene rings is 2. The Hall–Kier alpha value is -2.08. The van der Waals surface area contributed by atoms with Crippen LogP contribution in [0.3, 0.4) is 0 Å². The van der Waals surface area contributed by atoms with Gasteiger partial charge in [0.25, 0.3) is 0 Å². The summed E-state index contributed by atoms with van der Waals surface area (Å²) in [5, 5.41) is 0. The number of allylic oxidation sites excluding steroid dienone is 2. The van der Waals surface area contributed by atoms with E-state index in [2.05, 4.69) is 92.9 Å². The lowest BCUT2D eigenvalue weighted by molar-refractivity contribution is 0.450. The molecule has 2 aromatic carbocycles. The first-order valence-electron chi connectivity index (χ1n) is 10.2. The van der Waals surface area contributed by atoms with Gasteiger partial charge in [-0.25, -0.2) is 0 Å². The fraction of sp³-hybridized carbons (Fsp3) is 0.385. The second-order valence-corrected chi connectivity index (χ2v) is 7.23. The highest BCUT2D eigenvalue weighted by molar-refractivity contribution is 5.42. The van der Waals surface area contributed by atoms with Crippen LogP contribution in [0.4, 0.5) is 0 Å². The van der Waals surface area contributed by atoms with Crippen molar-refractivity contribution < 1.29 is 0 Å². The topological polar surface area (TPSA) is 0 Å². The summed E-state index contributed by atoms with van der Waals surface area (Å²) in [5.41, 5.74) is 2.43. The Morgan fingerprint density at radius 1 is 0.769 bits per heavy atom. The van der Waals surface area contributed by atoms with E-state index in [1.165, 1.54) is 49.7 Å². The van der Waals surface area contributed by atoms with Gasteiger partial charge in [0.05, 0.1) is 0 Å². The van der Waals surface area contributed by atoms with Gasteiger partial charge in [0, 0.05) is 11.3 Å². The summed E-state index contributed by atoms with van der Waals surface area (Å²) in [4.78, 5) is 0. The lowest BCUT2D eigenvalue weighted by Gasteiger charge is -2.37. The molecule has 1 unspecified atom stereocenters. The van der Waals surface area contributed by atoms with Gasteiger partial charge in [0.15, 0.2) is 0 Å². The van der Waals surface area contributed by atoms with Crippen molar-refractivity contribution >= 4 is 0 Å². The largest absolute Gasteiger partial charge is 0.102 e. The highest BCUT2D eigenvalue weighted by atomic mass is 14.4. The zero-order chi connectivity index (χ0) is 18.7. The maximum atomic E-state index is 4.22. The van der Waals surface area contributed by atoms with Crippen LogP contribution in [0.1, 0.15) is 68.9 Å². The molecule has 0 fully saturated rings. The minimum Gasteiger partial charge on any atom is -0.102 e. The van der Waals surface area contributed by atoms with Crippen molar-refractivity contribution in [2.75, 3.05) is 0 Å².